The molecular formula is C24H21N3O2. The zero-order valence-electron chi connectivity index (χ0n) is 16.3. The molecule has 5 nitrogen and oxygen atoms in total. The van der Waals surface area contributed by atoms with Crippen LogP contribution in [-0.4, -0.2) is 23.0 Å². The van der Waals surface area contributed by atoms with E-state index in [-0.39, 0.29) is 5.91 Å². The van der Waals surface area contributed by atoms with Crippen LogP contribution in [0.1, 0.15) is 22.8 Å². The quantitative estimate of drug-likeness (QED) is 0.519. The number of fused-ring (bicyclic) bond motifs is 1. The number of aryl methyl sites for hydroxylation is 1. The van der Waals surface area contributed by atoms with E-state index in [1.54, 1.807) is 31.5 Å². The van der Waals surface area contributed by atoms with E-state index < -0.39 is 0 Å². The van der Waals surface area contributed by atoms with E-state index in [1.807, 2.05) is 48.5 Å². The first-order valence-electron chi connectivity index (χ1n) is 9.48. The van der Waals surface area contributed by atoms with Gasteiger partial charge in [0.25, 0.3) is 5.91 Å². The molecule has 0 spiro atoms. The van der Waals surface area contributed by atoms with E-state index in [1.165, 1.54) is 0 Å². The maximum Gasteiger partial charge on any atom is 0.255 e. The molecule has 0 saturated carbocycles. The molecule has 0 aliphatic heterocycles. The molecule has 0 atom stereocenters. The molecule has 0 unspecified atom stereocenters. The summed E-state index contributed by atoms with van der Waals surface area (Å²) in [5, 5.41) is 3.03. The first-order valence-corrected chi connectivity index (χ1v) is 9.48. The fourth-order valence-electron chi connectivity index (χ4n) is 3.22. The SMILES string of the molecule is CCc1ccc(-c2cnc3ccccc3n2)cc1NC(=O)c1cccc(OC)c1. The number of amides is 1. The largest absolute Gasteiger partial charge is 0.497 e. The Hall–Kier alpha value is -3.73. The lowest BCUT2D eigenvalue weighted by Gasteiger charge is -2.13. The number of aromatic nitrogens is 2. The molecule has 144 valence electrons. The van der Waals surface area contributed by atoms with Crippen LogP contribution in [0, 0.1) is 0 Å². The zero-order valence-corrected chi connectivity index (χ0v) is 16.3. The van der Waals surface area contributed by atoms with Gasteiger partial charge in [0.1, 0.15) is 5.75 Å². The Morgan fingerprint density at radius 3 is 2.62 bits per heavy atom. The monoisotopic (exact) mass is 383 g/mol. The number of benzene rings is 3. The van der Waals surface area contributed by atoms with Gasteiger partial charge in [0, 0.05) is 16.8 Å². The van der Waals surface area contributed by atoms with Crippen molar-refractivity contribution in [2.45, 2.75) is 13.3 Å². The minimum atomic E-state index is -0.180. The fourth-order valence-corrected chi connectivity index (χ4v) is 3.22. The highest BCUT2D eigenvalue weighted by Crippen LogP contribution is 2.26. The first-order chi connectivity index (χ1) is 14.2. The van der Waals surface area contributed by atoms with Crippen LogP contribution in [0.4, 0.5) is 5.69 Å². The third kappa shape index (κ3) is 3.94. The van der Waals surface area contributed by atoms with E-state index >= 15 is 0 Å². The Kier molecular flexibility index (Phi) is 5.20. The lowest BCUT2D eigenvalue weighted by molar-refractivity contribution is 0.102. The van der Waals surface area contributed by atoms with Crippen LogP contribution in [-0.2, 0) is 6.42 Å². The molecule has 0 aliphatic rings. The number of nitrogens with one attached hydrogen (secondary N) is 1. The van der Waals surface area contributed by atoms with E-state index in [0.717, 1.165) is 40.0 Å². The summed E-state index contributed by atoms with van der Waals surface area (Å²) in [4.78, 5) is 22.0. The lowest BCUT2D eigenvalue weighted by atomic mass is 10.0. The predicted molar refractivity (Wildman–Crippen MR) is 115 cm³/mol. The van der Waals surface area contributed by atoms with Crippen LogP contribution in [0.15, 0.2) is 72.9 Å². The van der Waals surface area contributed by atoms with E-state index in [9.17, 15) is 4.79 Å². The maximum atomic E-state index is 12.8. The van der Waals surface area contributed by atoms with Gasteiger partial charge in [0.15, 0.2) is 0 Å². The van der Waals surface area contributed by atoms with Gasteiger partial charge in [-0.2, -0.15) is 0 Å². The molecule has 0 radical (unpaired) electrons. The van der Waals surface area contributed by atoms with Crippen LogP contribution in [0.3, 0.4) is 0 Å². The molecule has 0 aliphatic carbocycles. The molecule has 5 heteroatoms. The van der Waals surface area contributed by atoms with Crippen LogP contribution in [0.2, 0.25) is 0 Å². The van der Waals surface area contributed by atoms with Crippen molar-refractivity contribution in [2.24, 2.45) is 0 Å². The summed E-state index contributed by atoms with van der Waals surface area (Å²) in [6, 6.07) is 20.9. The Labute approximate surface area is 169 Å². The average Bonchev–Trinajstić information content (AvgIpc) is 2.78. The van der Waals surface area contributed by atoms with Crippen LogP contribution < -0.4 is 10.1 Å². The van der Waals surface area contributed by atoms with Gasteiger partial charge in [-0.15, -0.1) is 0 Å². The number of ether oxygens (including phenoxy) is 1. The molecule has 1 aromatic heterocycles. The van der Waals surface area contributed by atoms with Crippen molar-refractivity contribution >= 4 is 22.6 Å². The number of anilines is 1. The Morgan fingerprint density at radius 2 is 1.83 bits per heavy atom. The molecule has 1 N–H and O–H groups in total. The molecule has 1 amide bonds. The van der Waals surface area contributed by atoms with Crippen molar-refractivity contribution in [3.05, 3.63) is 84.1 Å². The molecule has 1 heterocycles. The van der Waals surface area contributed by atoms with E-state index in [4.69, 9.17) is 9.72 Å². The fraction of sp³-hybridized carbons (Fsp3) is 0.125. The summed E-state index contributed by atoms with van der Waals surface area (Å²) >= 11 is 0. The molecule has 4 rings (SSSR count). The van der Waals surface area contributed by atoms with Gasteiger partial charge < -0.3 is 10.1 Å². The molecule has 0 fully saturated rings. The average molecular weight is 383 g/mol. The summed E-state index contributed by atoms with van der Waals surface area (Å²) in [7, 11) is 1.58. The number of carbonyl (C=O) groups is 1. The van der Waals surface area contributed by atoms with Gasteiger partial charge in [-0.25, -0.2) is 4.98 Å². The predicted octanol–water partition coefficient (Wildman–Crippen LogP) is 5.12. The van der Waals surface area contributed by atoms with Crippen molar-refractivity contribution in [3.63, 3.8) is 0 Å². The second-order valence-electron chi connectivity index (χ2n) is 6.66. The number of para-hydroxylation sites is 2. The summed E-state index contributed by atoms with van der Waals surface area (Å²) in [5.41, 5.74) is 5.73. The Morgan fingerprint density at radius 1 is 1.00 bits per heavy atom. The number of hydrogen-bond donors (Lipinski definition) is 1. The highest BCUT2D eigenvalue weighted by atomic mass is 16.5. The van der Waals surface area contributed by atoms with Crippen molar-refractivity contribution in [3.8, 4) is 17.0 Å². The first kappa shape index (κ1) is 18.6. The second-order valence-corrected chi connectivity index (χ2v) is 6.66. The van der Waals surface area contributed by atoms with Crippen LogP contribution >= 0.6 is 0 Å². The normalized spacial score (nSPS) is 10.7. The number of hydrogen-bond acceptors (Lipinski definition) is 4. The highest BCUT2D eigenvalue weighted by Gasteiger charge is 2.12. The zero-order chi connectivity index (χ0) is 20.2. The third-order valence-corrected chi connectivity index (χ3v) is 4.82. The molecular weight excluding hydrogens is 362 g/mol. The smallest absolute Gasteiger partial charge is 0.255 e. The van der Waals surface area contributed by atoms with Gasteiger partial charge in [-0.1, -0.05) is 37.3 Å². The number of rotatable bonds is 5. The minimum absolute atomic E-state index is 0.180. The van der Waals surface area contributed by atoms with Crippen molar-refractivity contribution in [2.75, 3.05) is 12.4 Å². The van der Waals surface area contributed by atoms with Gasteiger partial charge in [0.2, 0.25) is 0 Å². The molecule has 0 saturated heterocycles. The maximum absolute atomic E-state index is 12.8. The van der Waals surface area contributed by atoms with E-state index in [2.05, 4.69) is 17.2 Å². The Bertz CT molecular complexity index is 1190. The van der Waals surface area contributed by atoms with Gasteiger partial charge >= 0.3 is 0 Å². The molecule has 29 heavy (non-hydrogen) atoms. The minimum Gasteiger partial charge on any atom is -0.497 e. The molecule has 3 aromatic carbocycles. The van der Waals surface area contributed by atoms with Crippen molar-refractivity contribution in [1.82, 2.24) is 9.97 Å². The van der Waals surface area contributed by atoms with Crippen LogP contribution in [0.5, 0.6) is 5.75 Å². The van der Waals surface area contributed by atoms with Crippen LogP contribution in [0.25, 0.3) is 22.3 Å². The van der Waals surface area contributed by atoms with E-state index in [0.29, 0.717) is 11.3 Å². The van der Waals surface area contributed by atoms with Crippen molar-refractivity contribution < 1.29 is 9.53 Å². The number of carbonyl (C=O) groups excluding carboxylic acids is 1. The summed E-state index contributed by atoms with van der Waals surface area (Å²) in [6.45, 7) is 2.06. The molecule has 4 aromatic rings. The Balaban J connectivity index is 1.68. The lowest BCUT2D eigenvalue weighted by Crippen LogP contribution is -2.13. The van der Waals surface area contributed by atoms with Crippen molar-refractivity contribution in [1.29, 1.82) is 0 Å². The van der Waals surface area contributed by atoms with Gasteiger partial charge in [-0.3, -0.25) is 9.78 Å². The highest BCUT2D eigenvalue weighted by molar-refractivity contribution is 6.05. The standard InChI is InChI=1S/C24H21N3O2/c1-3-16-11-12-17(23-15-25-20-9-4-5-10-21(20)26-23)14-22(16)27-24(28)18-7-6-8-19(13-18)29-2/h4-15H,3H2,1-2H3,(H,27,28). The van der Waals surface area contributed by atoms with Gasteiger partial charge in [0.05, 0.1) is 30.0 Å². The topological polar surface area (TPSA) is 64.1 Å². The number of methoxy groups -OCH3 is 1. The summed E-state index contributed by atoms with van der Waals surface area (Å²) < 4.78 is 5.22. The molecule has 0 bridgehead atoms. The summed E-state index contributed by atoms with van der Waals surface area (Å²) in [5.74, 6) is 0.467. The third-order valence-electron chi connectivity index (χ3n) is 4.82. The van der Waals surface area contributed by atoms with Gasteiger partial charge in [-0.05, 0) is 48.4 Å². The second kappa shape index (κ2) is 8.10. The number of nitrogens with zero attached hydrogens (tertiary/aromatic N) is 2. The summed E-state index contributed by atoms with van der Waals surface area (Å²) in [6.07, 6.45) is 2.56.